The molecule has 6 heteroatoms. The summed E-state index contributed by atoms with van der Waals surface area (Å²) < 4.78 is 31.7. The van der Waals surface area contributed by atoms with E-state index in [0.29, 0.717) is 6.54 Å². The number of rotatable bonds is 5. The van der Waals surface area contributed by atoms with Crippen molar-refractivity contribution >= 4 is 15.8 Å². The van der Waals surface area contributed by atoms with E-state index in [1.54, 1.807) is 0 Å². The third kappa shape index (κ3) is 6.90. The normalized spacial score (nSPS) is 10.8. The molecule has 1 aromatic rings. The maximum Gasteiger partial charge on any atom is 1.00 e. The van der Waals surface area contributed by atoms with Crippen LogP contribution in [0.5, 0.6) is 0 Å². The topological polar surface area (TPSA) is 60.4 Å². The third-order valence-electron chi connectivity index (χ3n) is 2.36. The maximum absolute atomic E-state index is 10.6. The summed E-state index contributed by atoms with van der Waals surface area (Å²) in [5.74, 6) is -0.352. The molecule has 0 atom stereocenters. The molecule has 4 nitrogen and oxygen atoms in total. The van der Waals surface area contributed by atoms with Crippen LogP contribution in [0.3, 0.4) is 0 Å². The van der Waals surface area contributed by atoms with Gasteiger partial charge < -0.3 is 9.45 Å². The summed E-state index contributed by atoms with van der Waals surface area (Å²) in [6, 6.07) is 7.77. The standard InChI is InChI=1S/C11H17NO3S.K/c1-3-12(7-8-16(13,14)15)11-6-4-5-10(2)9-11;/h4-6,9H,3,7-8H2,1-2H3,(H,13,14,15);/q;+1/p-1. The van der Waals surface area contributed by atoms with Crippen molar-refractivity contribution in [2.24, 2.45) is 0 Å². The molecule has 1 aromatic carbocycles. The van der Waals surface area contributed by atoms with Crippen molar-refractivity contribution in [3.05, 3.63) is 29.8 Å². The van der Waals surface area contributed by atoms with Crippen LogP contribution < -0.4 is 56.3 Å². The molecule has 17 heavy (non-hydrogen) atoms. The molecule has 0 saturated heterocycles. The SMILES string of the molecule is CCN(CCS(=O)(=O)[O-])c1cccc(C)c1.[K+]. The van der Waals surface area contributed by atoms with Crippen LogP contribution in [0.25, 0.3) is 0 Å². The van der Waals surface area contributed by atoms with Gasteiger partial charge in [0.2, 0.25) is 0 Å². The molecule has 0 bridgehead atoms. The number of anilines is 1. The summed E-state index contributed by atoms with van der Waals surface area (Å²) in [6.07, 6.45) is 0. The molecule has 0 fully saturated rings. The summed E-state index contributed by atoms with van der Waals surface area (Å²) in [5, 5.41) is 0. The van der Waals surface area contributed by atoms with Crippen LogP contribution in [-0.2, 0) is 10.1 Å². The third-order valence-corrected chi connectivity index (χ3v) is 3.04. The predicted molar refractivity (Wildman–Crippen MR) is 63.6 cm³/mol. The fourth-order valence-corrected chi connectivity index (χ4v) is 1.96. The van der Waals surface area contributed by atoms with Gasteiger partial charge in [0.25, 0.3) is 0 Å². The van der Waals surface area contributed by atoms with Crippen LogP contribution in [0.15, 0.2) is 24.3 Å². The summed E-state index contributed by atoms with van der Waals surface area (Å²) in [6.45, 7) is 4.83. The molecule has 0 aromatic heterocycles. The molecule has 0 aliphatic heterocycles. The van der Waals surface area contributed by atoms with Gasteiger partial charge in [0.05, 0.1) is 15.9 Å². The molecular weight excluding hydrogens is 265 g/mol. The van der Waals surface area contributed by atoms with Crippen LogP contribution in [0.2, 0.25) is 0 Å². The second-order valence-corrected chi connectivity index (χ2v) is 5.20. The zero-order valence-electron chi connectivity index (χ0n) is 10.5. The fraction of sp³-hybridized carbons (Fsp3) is 0.455. The van der Waals surface area contributed by atoms with Gasteiger partial charge in [-0.15, -0.1) is 0 Å². The van der Waals surface area contributed by atoms with E-state index in [1.807, 2.05) is 43.0 Å². The number of aryl methyl sites for hydroxylation is 1. The van der Waals surface area contributed by atoms with Crippen LogP contribution in [0.4, 0.5) is 5.69 Å². The Balaban J connectivity index is 0.00000256. The first-order valence-corrected chi connectivity index (χ1v) is 6.75. The monoisotopic (exact) mass is 281 g/mol. The first-order valence-electron chi connectivity index (χ1n) is 5.17. The minimum absolute atomic E-state index is 0. The molecule has 0 amide bonds. The summed E-state index contributed by atoms with van der Waals surface area (Å²) in [5.41, 5.74) is 2.06. The van der Waals surface area contributed by atoms with Crippen molar-refractivity contribution in [2.75, 3.05) is 23.7 Å². The van der Waals surface area contributed by atoms with Gasteiger partial charge in [-0.05, 0) is 31.5 Å². The smallest absolute Gasteiger partial charge is 0.748 e. The van der Waals surface area contributed by atoms with Gasteiger partial charge in [-0.3, -0.25) is 0 Å². The Hall–Kier alpha value is 0.566. The minimum atomic E-state index is -4.14. The minimum Gasteiger partial charge on any atom is -0.748 e. The summed E-state index contributed by atoms with van der Waals surface area (Å²) in [4.78, 5) is 1.88. The Morgan fingerprint density at radius 3 is 2.47 bits per heavy atom. The quantitative estimate of drug-likeness (QED) is 0.480. The number of nitrogens with zero attached hydrogens (tertiary/aromatic N) is 1. The van der Waals surface area contributed by atoms with Crippen molar-refractivity contribution in [3.8, 4) is 0 Å². The first-order chi connectivity index (χ1) is 7.42. The summed E-state index contributed by atoms with van der Waals surface area (Å²) >= 11 is 0. The molecule has 0 spiro atoms. The van der Waals surface area contributed by atoms with Crippen LogP contribution in [-0.4, -0.2) is 31.8 Å². The number of hydrogen-bond donors (Lipinski definition) is 0. The summed E-state index contributed by atoms with van der Waals surface area (Å²) in [7, 11) is -4.14. The van der Waals surface area contributed by atoms with Crippen LogP contribution >= 0.6 is 0 Å². The van der Waals surface area contributed by atoms with E-state index in [9.17, 15) is 13.0 Å². The predicted octanol–water partition coefficient (Wildman–Crippen LogP) is -1.63. The molecule has 0 unspecified atom stereocenters. The van der Waals surface area contributed by atoms with Crippen molar-refractivity contribution in [3.63, 3.8) is 0 Å². The number of benzene rings is 1. The Kier molecular flexibility index (Phi) is 8.15. The molecule has 0 aliphatic carbocycles. The van der Waals surface area contributed by atoms with E-state index in [1.165, 1.54) is 0 Å². The Morgan fingerprint density at radius 2 is 2.00 bits per heavy atom. The van der Waals surface area contributed by atoms with E-state index in [0.717, 1.165) is 11.3 Å². The molecule has 0 N–H and O–H groups in total. The molecule has 90 valence electrons. The molecular formula is C11H16KNO3S. The fourth-order valence-electron chi connectivity index (χ4n) is 1.52. The zero-order chi connectivity index (χ0) is 12.2. The van der Waals surface area contributed by atoms with E-state index >= 15 is 0 Å². The van der Waals surface area contributed by atoms with Crippen LogP contribution in [0, 0.1) is 6.92 Å². The molecule has 0 aliphatic rings. The van der Waals surface area contributed by atoms with E-state index < -0.39 is 10.1 Å². The molecule has 0 heterocycles. The maximum atomic E-state index is 10.6. The van der Waals surface area contributed by atoms with Gasteiger partial charge in [0, 0.05) is 18.8 Å². The Morgan fingerprint density at radius 1 is 1.35 bits per heavy atom. The van der Waals surface area contributed by atoms with Gasteiger partial charge in [-0.2, -0.15) is 0 Å². The van der Waals surface area contributed by atoms with E-state index in [2.05, 4.69) is 0 Å². The zero-order valence-corrected chi connectivity index (χ0v) is 14.5. The average molecular weight is 281 g/mol. The van der Waals surface area contributed by atoms with Crippen molar-refractivity contribution in [1.29, 1.82) is 0 Å². The van der Waals surface area contributed by atoms with E-state index in [4.69, 9.17) is 0 Å². The van der Waals surface area contributed by atoms with Gasteiger partial charge in [-0.25, -0.2) is 8.42 Å². The molecule has 0 radical (unpaired) electrons. The van der Waals surface area contributed by atoms with Crippen LogP contribution in [0.1, 0.15) is 12.5 Å². The van der Waals surface area contributed by atoms with Crippen molar-refractivity contribution in [1.82, 2.24) is 0 Å². The van der Waals surface area contributed by atoms with Gasteiger partial charge in [0.15, 0.2) is 0 Å². The average Bonchev–Trinajstić information content (AvgIpc) is 2.17. The second kappa shape index (κ2) is 7.88. The van der Waals surface area contributed by atoms with Crippen molar-refractivity contribution < 1.29 is 64.4 Å². The molecule has 1 rings (SSSR count). The first kappa shape index (κ1) is 17.6. The van der Waals surface area contributed by atoms with Gasteiger partial charge >= 0.3 is 51.4 Å². The van der Waals surface area contributed by atoms with Gasteiger partial charge in [0.1, 0.15) is 0 Å². The number of hydrogen-bond acceptors (Lipinski definition) is 4. The molecule has 0 saturated carbocycles. The van der Waals surface area contributed by atoms with Crippen molar-refractivity contribution in [2.45, 2.75) is 13.8 Å². The Bertz CT molecular complexity index is 448. The largest absolute Gasteiger partial charge is 1.00 e. The van der Waals surface area contributed by atoms with E-state index in [-0.39, 0.29) is 63.7 Å². The Labute approximate surface area is 146 Å². The second-order valence-electron chi connectivity index (χ2n) is 3.68. The van der Waals surface area contributed by atoms with Gasteiger partial charge in [-0.1, -0.05) is 12.1 Å².